The van der Waals surface area contributed by atoms with Crippen molar-refractivity contribution in [3.05, 3.63) is 24.3 Å². The highest BCUT2D eigenvalue weighted by atomic mass is 32.2. The fourth-order valence-corrected chi connectivity index (χ4v) is 3.44. The molecular formula is C14H20N2O3S. The van der Waals surface area contributed by atoms with Gasteiger partial charge in [0.2, 0.25) is 5.91 Å². The van der Waals surface area contributed by atoms with E-state index in [-0.39, 0.29) is 22.8 Å². The minimum Gasteiger partial charge on any atom is -0.328 e. The molecule has 0 aromatic heterocycles. The van der Waals surface area contributed by atoms with Gasteiger partial charge in [0, 0.05) is 18.2 Å². The maximum Gasteiger partial charge on any atom is 0.227 e. The number of nitrogens with two attached hydrogens (primary N) is 1. The zero-order valence-corrected chi connectivity index (χ0v) is 12.3. The molecule has 3 N–H and O–H groups in total. The minimum atomic E-state index is -3.36. The Hall–Kier alpha value is -1.40. The van der Waals surface area contributed by atoms with E-state index in [0.29, 0.717) is 12.1 Å². The highest BCUT2D eigenvalue weighted by molar-refractivity contribution is 7.90. The Morgan fingerprint density at radius 1 is 1.30 bits per heavy atom. The molecule has 2 rings (SSSR count). The van der Waals surface area contributed by atoms with Crippen LogP contribution in [0.3, 0.4) is 0 Å². The van der Waals surface area contributed by atoms with E-state index < -0.39 is 9.84 Å². The smallest absolute Gasteiger partial charge is 0.227 e. The quantitative estimate of drug-likeness (QED) is 0.885. The number of rotatable bonds is 3. The van der Waals surface area contributed by atoms with E-state index in [9.17, 15) is 13.2 Å². The molecule has 2 atom stereocenters. The molecule has 5 nitrogen and oxygen atoms in total. The molecule has 1 aliphatic carbocycles. The van der Waals surface area contributed by atoms with Gasteiger partial charge in [-0.3, -0.25) is 4.79 Å². The summed E-state index contributed by atoms with van der Waals surface area (Å²) in [6, 6.07) is 6.51. The third kappa shape index (κ3) is 3.58. The largest absolute Gasteiger partial charge is 0.328 e. The van der Waals surface area contributed by atoms with Crippen LogP contribution in [0.15, 0.2) is 29.2 Å². The molecular weight excluding hydrogens is 276 g/mol. The van der Waals surface area contributed by atoms with Crippen LogP contribution < -0.4 is 11.1 Å². The lowest BCUT2D eigenvalue weighted by molar-refractivity contribution is -0.120. The summed E-state index contributed by atoms with van der Waals surface area (Å²) in [5, 5.41) is 2.73. The maximum atomic E-state index is 12.2. The van der Waals surface area contributed by atoms with Gasteiger partial charge >= 0.3 is 0 Å². The van der Waals surface area contributed by atoms with Crippen LogP contribution in [-0.4, -0.2) is 26.6 Å². The lowest BCUT2D eigenvalue weighted by atomic mass is 9.85. The number of carbonyl (C=O) groups is 1. The van der Waals surface area contributed by atoms with E-state index in [1.165, 1.54) is 6.07 Å². The van der Waals surface area contributed by atoms with Crippen molar-refractivity contribution in [2.24, 2.45) is 11.7 Å². The molecule has 0 heterocycles. The summed E-state index contributed by atoms with van der Waals surface area (Å²) in [6.07, 6.45) is 4.48. The van der Waals surface area contributed by atoms with Gasteiger partial charge in [-0.05, 0) is 31.4 Å². The van der Waals surface area contributed by atoms with Crippen LogP contribution in [0.4, 0.5) is 5.69 Å². The Kier molecular flexibility index (Phi) is 4.45. The van der Waals surface area contributed by atoms with Crippen molar-refractivity contribution in [1.82, 2.24) is 0 Å². The lowest BCUT2D eigenvalue weighted by Gasteiger charge is -2.25. The minimum absolute atomic E-state index is 0.0599. The predicted molar refractivity (Wildman–Crippen MR) is 78.1 cm³/mol. The number of para-hydroxylation sites is 1. The average Bonchev–Trinajstić information content (AvgIpc) is 2.38. The molecule has 1 amide bonds. The second-order valence-electron chi connectivity index (χ2n) is 5.38. The summed E-state index contributed by atoms with van der Waals surface area (Å²) in [4.78, 5) is 12.4. The summed E-state index contributed by atoms with van der Waals surface area (Å²) in [7, 11) is -3.36. The first-order valence-corrected chi connectivity index (χ1v) is 8.62. The molecule has 0 spiro atoms. The monoisotopic (exact) mass is 296 g/mol. The van der Waals surface area contributed by atoms with Crippen molar-refractivity contribution in [3.8, 4) is 0 Å². The molecule has 1 aromatic rings. The Morgan fingerprint density at radius 2 is 2.00 bits per heavy atom. The Labute approximate surface area is 119 Å². The van der Waals surface area contributed by atoms with E-state index in [2.05, 4.69) is 5.32 Å². The standard InChI is InChI=1S/C14H20N2O3S/c1-20(18,19)13-8-3-2-7-12(13)16-14(17)10-5-4-6-11(15)9-10/h2-3,7-8,10-11H,4-6,9,15H2,1H3,(H,16,17). The summed E-state index contributed by atoms with van der Waals surface area (Å²) < 4.78 is 23.4. The van der Waals surface area contributed by atoms with Gasteiger partial charge in [0.15, 0.2) is 9.84 Å². The number of amides is 1. The van der Waals surface area contributed by atoms with Crippen LogP contribution >= 0.6 is 0 Å². The third-order valence-corrected chi connectivity index (χ3v) is 4.78. The molecule has 1 aromatic carbocycles. The van der Waals surface area contributed by atoms with Gasteiger partial charge < -0.3 is 11.1 Å². The number of sulfone groups is 1. The summed E-state index contributed by atoms with van der Waals surface area (Å²) >= 11 is 0. The van der Waals surface area contributed by atoms with Gasteiger partial charge in [-0.25, -0.2) is 8.42 Å². The van der Waals surface area contributed by atoms with E-state index in [0.717, 1.165) is 25.5 Å². The van der Waals surface area contributed by atoms with Crippen LogP contribution in [-0.2, 0) is 14.6 Å². The molecule has 6 heteroatoms. The fourth-order valence-electron chi connectivity index (χ4n) is 2.59. The van der Waals surface area contributed by atoms with Gasteiger partial charge in [0.1, 0.15) is 0 Å². The van der Waals surface area contributed by atoms with Gasteiger partial charge in [-0.1, -0.05) is 18.6 Å². The molecule has 1 fully saturated rings. The molecule has 1 aliphatic rings. The van der Waals surface area contributed by atoms with E-state index in [1.54, 1.807) is 18.2 Å². The predicted octanol–water partition coefficient (Wildman–Crippen LogP) is 1.55. The van der Waals surface area contributed by atoms with Gasteiger partial charge in [-0.2, -0.15) is 0 Å². The second-order valence-corrected chi connectivity index (χ2v) is 7.37. The number of nitrogens with one attached hydrogen (secondary N) is 1. The number of anilines is 1. The molecule has 0 radical (unpaired) electrons. The Bertz CT molecular complexity index is 598. The lowest BCUT2D eigenvalue weighted by Crippen LogP contribution is -2.34. The van der Waals surface area contributed by atoms with Crippen molar-refractivity contribution in [2.75, 3.05) is 11.6 Å². The van der Waals surface area contributed by atoms with Crippen molar-refractivity contribution < 1.29 is 13.2 Å². The average molecular weight is 296 g/mol. The van der Waals surface area contributed by atoms with Gasteiger partial charge in [0.05, 0.1) is 10.6 Å². The SMILES string of the molecule is CS(=O)(=O)c1ccccc1NC(=O)C1CCCC(N)C1. The number of carbonyl (C=O) groups excluding carboxylic acids is 1. The second kappa shape index (κ2) is 5.93. The highest BCUT2D eigenvalue weighted by Crippen LogP contribution is 2.26. The van der Waals surface area contributed by atoms with Crippen LogP contribution in [0.25, 0.3) is 0 Å². The highest BCUT2D eigenvalue weighted by Gasteiger charge is 2.26. The van der Waals surface area contributed by atoms with Gasteiger partial charge in [0.25, 0.3) is 0 Å². The van der Waals surface area contributed by atoms with Crippen molar-refractivity contribution >= 4 is 21.4 Å². The zero-order valence-electron chi connectivity index (χ0n) is 11.5. The third-order valence-electron chi connectivity index (χ3n) is 3.63. The number of hydrogen-bond acceptors (Lipinski definition) is 4. The van der Waals surface area contributed by atoms with Crippen LogP contribution in [0.2, 0.25) is 0 Å². The summed E-state index contributed by atoms with van der Waals surface area (Å²) in [5.74, 6) is -0.275. The summed E-state index contributed by atoms with van der Waals surface area (Å²) in [6.45, 7) is 0. The first kappa shape index (κ1) is 15.0. The Morgan fingerprint density at radius 3 is 2.65 bits per heavy atom. The molecule has 0 saturated heterocycles. The first-order valence-electron chi connectivity index (χ1n) is 6.73. The Balaban J connectivity index is 2.16. The topological polar surface area (TPSA) is 89.3 Å². The van der Waals surface area contributed by atoms with Crippen molar-refractivity contribution in [1.29, 1.82) is 0 Å². The van der Waals surface area contributed by atoms with Crippen LogP contribution in [0.5, 0.6) is 0 Å². The van der Waals surface area contributed by atoms with Crippen molar-refractivity contribution in [3.63, 3.8) is 0 Å². The van der Waals surface area contributed by atoms with Gasteiger partial charge in [-0.15, -0.1) is 0 Å². The molecule has 110 valence electrons. The first-order chi connectivity index (χ1) is 9.38. The maximum absolute atomic E-state index is 12.2. The van der Waals surface area contributed by atoms with Crippen molar-refractivity contribution in [2.45, 2.75) is 36.6 Å². The van der Waals surface area contributed by atoms with E-state index in [1.807, 2.05) is 0 Å². The molecule has 0 aliphatic heterocycles. The molecule has 2 unspecified atom stereocenters. The number of benzene rings is 1. The number of hydrogen-bond donors (Lipinski definition) is 2. The molecule has 0 bridgehead atoms. The normalized spacial score (nSPS) is 23.3. The van der Waals surface area contributed by atoms with Crippen LogP contribution in [0.1, 0.15) is 25.7 Å². The van der Waals surface area contributed by atoms with E-state index in [4.69, 9.17) is 5.73 Å². The van der Waals surface area contributed by atoms with Crippen LogP contribution in [0, 0.1) is 5.92 Å². The molecule has 1 saturated carbocycles. The molecule has 20 heavy (non-hydrogen) atoms. The van der Waals surface area contributed by atoms with E-state index >= 15 is 0 Å². The summed E-state index contributed by atoms with van der Waals surface area (Å²) in [5.41, 5.74) is 6.23. The zero-order chi connectivity index (χ0) is 14.8. The fraction of sp³-hybridized carbons (Fsp3) is 0.500.